The Labute approximate surface area is 304 Å². The number of rotatable bonds is 12. The van der Waals surface area contributed by atoms with Crippen LogP contribution in [-0.2, 0) is 34.6 Å². The third kappa shape index (κ3) is 11.8. The van der Waals surface area contributed by atoms with Crippen molar-refractivity contribution < 1.29 is 42.4 Å². The van der Waals surface area contributed by atoms with Crippen molar-refractivity contribution >= 4 is 25.5 Å². The van der Waals surface area contributed by atoms with Crippen molar-refractivity contribution in [3.05, 3.63) is 48.3 Å². The number of methoxy groups -OCH3 is 1. The molecule has 0 saturated carbocycles. The predicted octanol–water partition coefficient (Wildman–Crippen LogP) is 8.31. The summed E-state index contributed by atoms with van der Waals surface area (Å²) in [6.07, 6.45) is 2.74. The number of esters is 1. The summed E-state index contributed by atoms with van der Waals surface area (Å²) in [5.41, 5.74) is 0.400. The molecule has 1 saturated heterocycles. The lowest BCUT2D eigenvalue weighted by Crippen LogP contribution is -2.56. The van der Waals surface area contributed by atoms with E-state index in [4.69, 9.17) is 23.5 Å². The molecule has 13 heteroatoms. The molecule has 0 bridgehead atoms. The van der Waals surface area contributed by atoms with Crippen LogP contribution in [0.4, 0.5) is 9.59 Å². The molecule has 3 rings (SSSR count). The minimum absolute atomic E-state index is 0.0297. The van der Waals surface area contributed by atoms with Gasteiger partial charge in [-0.1, -0.05) is 6.07 Å². The fourth-order valence-corrected chi connectivity index (χ4v) is 8.95. The predicted molar refractivity (Wildman–Crippen MR) is 197 cm³/mol. The van der Waals surface area contributed by atoms with Gasteiger partial charge in [-0.2, -0.15) is 0 Å². The van der Waals surface area contributed by atoms with E-state index in [1.54, 1.807) is 88.7 Å². The second-order valence-electron chi connectivity index (χ2n) is 15.9. The first kappa shape index (κ1) is 41.9. The van der Waals surface area contributed by atoms with Gasteiger partial charge in [0.05, 0.1) is 13.7 Å². The average Bonchev–Trinajstić information content (AvgIpc) is 3.00. The first-order valence-corrected chi connectivity index (χ1v) is 19.4. The summed E-state index contributed by atoms with van der Waals surface area (Å²) in [5, 5.41) is -1.50. The lowest BCUT2D eigenvalue weighted by molar-refractivity contribution is -0.160. The lowest BCUT2D eigenvalue weighted by Gasteiger charge is -2.46. The molecule has 0 N–H and O–H groups in total. The number of aromatic nitrogens is 1. The molecule has 0 spiro atoms. The first-order chi connectivity index (χ1) is 23.6. The minimum Gasteiger partial charge on any atom is -0.497 e. The van der Waals surface area contributed by atoms with Gasteiger partial charge >= 0.3 is 18.2 Å². The Morgan fingerprint density at radius 2 is 1.47 bits per heavy atom. The highest BCUT2D eigenvalue weighted by molar-refractivity contribution is 7.62. The van der Waals surface area contributed by atoms with E-state index in [0.29, 0.717) is 31.7 Å². The minimum atomic E-state index is -3.62. The summed E-state index contributed by atoms with van der Waals surface area (Å²) in [4.78, 5) is 47.9. The zero-order valence-electron chi connectivity index (χ0n) is 32.4. The number of nitrogens with zero attached hydrogens (tertiary/aromatic N) is 3. The highest BCUT2D eigenvalue weighted by Gasteiger charge is 2.59. The van der Waals surface area contributed by atoms with Crippen LogP contribution in [0.3, 0.4) is 0 Å². The van der Waals surface area contributed by atoms with Gasteiger partial charge < -0.3 is 23.5 Å². The number of amides is 2. The molecule has 284 valence electrons. The molecule has 51 heavy (non-hydrogen) atoms. The van der Waals surface area contributed by atoms with E-state index in [-0.39, 0.29) is 32.3 Å². The second kappa shape index (κ2) is 16.9. The van der Waals surface area contributed by atoms with E-state index in [0.717, 1.165) is 21.6 Å². The zero-order chi connectivity index (χ0) is 38.3. The van der Waals surface area contributed by atoms with Crippen molar-refractivity contribution in [3.63, 3.8) is 0 Å². The maximum Gasteiger partial charge on any atom is 0.419 e. The topological polar surface area (TPSA) is 134 Å². The molecule has 12 nitrogen and oxygen atoms in total. The normalized spacial score (nSPS) is 20.0. The molecule has 2 amide bonds. The summed E-state index contributed by atoms with van der Waals surface area (Å²) in [5.74, 6) is 0.122. The Balaban J connectivity index is 1.97. The van der Waals surface area contributed by atoms with Crippen LogP contribution in [0.25, 0.3) is 11.1 Å². The van der Waals surface area contributed by atoms with Crippen molar-refractivity contribution in [2.45, 2.75) is 117 Å². The molecule has 2 heterocycles. The standard InChI is InChI=1S/C38H58N3O9P/c1-12-47-51(45)24-23-40(26-29-15-16-30(46-11)25-31(29)28-17-20-39-21-18-28)27-38(51,32(42)48-35(2,3)4)19-13-14-22-41(33(43)49-36(5,6)7)34(44)50-37(8,9)10/h15-18,20-21,25H,12-14,19,22-24,26-27H2,1-11H3/t38-,51?/m0/s1. The zero-order valence-corrected chi connectivity index (χ0v) is 33.3. The van der Waals surface area contributed by atoms with Gasteiger partial charge in [-0.05, 0) is 129 Å². The van der Waals surface area contributed by atoms with E-state index in [2.05, 4.69) is 9.88 Å². The fraction of sp³-hybridized carbons (Fsp3) is 0.632. The van der Waals surface area contributed by atoms with E-state index < -0.39 is 47.5 Å². The third-order valence-corrected chi connectivity index (χ3v) is 11.4. The number of benzene rings is 1. The van der Waals surface area contributed by atoms with Crippen LogP contribution in [0.1, 0.15) is 94.1 Å². The fourth-order valence-electron chi connectivity index (χ4n) is 5.94. The SMILES string of the molecule is CCOP1(=O)CCN(Cc2ccc(OC)cc2-c2ccncc2)C[C@@]1(CCCCN(C(=O)OC(C)(C)C)C(=O)OC(C)(C)C)C(=O)OC(C)(C)C. The van der Waals surface area contributed by atoms with Crippen molar-refractivity contribution in [1.82, 2.24) is 14.8 Å². The lowest BCUT2D eigenvalue weighted by atomic mass is 9.96. The number of unbranched alkanes of at least 4 members (excludes halogenated alkanes) is 1. The van der Waals surface area contributed by atoms with Crippen LogP contribution in [0.2, 0.25) is 0 Å². The van der Waals surface area contributed by atoms with Crippen LogP contribution < -0.4 is 4.74 Å². The number of hydrogen-bond acceptors (Lipinski definition) is 11. The molecule has 1 aliphatic rings. The van der Waals surface area contributed by atoms with Gasteiger partial charge in [0.1, 0.15) is 22.6 Å². The van der Waals surface area contributed by atoms with Crippen LogP contribution in [-0.4, -0.2) is 94.4 Å². The van der Waals surface area contributed by atoms with Crippen LogP contribution in [0, 0.1) is 0 Å². The monoisotopic (exact) mass is 731 g/mol. The Kier molecular flexibility index (Phi) is 13.9. The van der Waals surface area contributed by atoms with Gasteiger partial charge in [0.15, 0.2) is 5.16 Å². The summed E-state index contributed by atoms with van der Waals surface area (Å²) >= 11 is 0. The molecule has 2 aromatic rings. The Morgan fingerprint density at radius 1 is 0.882 bits per heavy atom. The second-order valence-corrected chi connectivity index (χ2v) is 18.8. The molecule has 0 radical (unpaired) electrons. The maximum atomic E-state index is 14.9. The van der Waals surface area contributed by atoms with E-state index in [1.165, 1.54) is 0 Å². The number of ether oxygens (including phenoxy) is 4. The maximum absolute atomic E-state index is 14.9. The average molecular weight is 732 g/mol. The molecule has 2 atom stereocenters. The number of carbonyl (C=O) groups excluding carboxylic acids is 3. The van der Waals surface area contributed by atoms with Gasteiger partial charge in [0.25, 0.3) is 0 Å². The molecule has 1 aromatic carbocycles. The molecule has 1 aliphatic heterocycles. The van der Waals surface area contributed by atoms with Crippen LogP contribution >= 0.6 is 7.37 Å². The molecular weight excluding hydrogens is 673 g/mol. The summed E-state index contributed by atoms with van der Waals surface area (Å²) in [7, 11) is -2.00. The first-order valence-electron chi connectivity index (χ1n) is 17.6. The van der Waals surface area contributed by atoms with Gasteiger partial charge in [0, 0.05) is 44.7 Å². The molecule has 1 aromatic heterocycles. The Hall–Kier alpha value is -3.47. The van der Waals surface area contributed by atoms with Gasteiger partial charge in [-0.15, -0.1) is 0 Å². The molecule has 1 unspecified atom stereocenters. The van der Waals surface area contributed by atoms with Gasteiger partial charge in [0.2, 0.25) is 7.37 Å². The highest BCUT2D eigenvalue weighted by atomic mass is 31.2. The highest BCUT2D eigenvalue weighted by Crippen LogP contribution is 2.64. The smallest absolute Gasteiger partial charge is 0.419 e. The Morgan fingerprint density at radius 3 is 2.00 bits per heavy atom. The molecule has 1 fully saturated rings. The van der Waals surface area contributed by atoms with Crippen molar-refractivity contribution in [1.29, 1.82) is 0 Å². The number of imide groups is 1. The summed E-state index contributed by atoms with van der Waals surface area (Å²) < 4.78 is 43.5. The number of pyridine rings is 1. The quantitative estimate of drug-likeness (QED) is 0.0903. The van der Waals surface area contributed by atoms with Crippen LogP contribution in [0.15, 0.2) is 42.7 Å². The molecular formula is C38H58N3O9P. The third-order valence-electron chi connectivity index (χ3n) is 8.12. The van der Waals surface area contributed by atoms with Gasteiger partial charge in [-0.25, -0.2) is 14.5 Å². The van der Waals surface area contributed by atoms with Crippen molar-refractivity contribution in [3.8, 4) is 16.9 Å². The van der Waals surface area contributed by atoms with Crippen molar-refractivity contribution in [2.75, 3.05) is 39.5 Å². The Bertz CT molecular complexity index is 1520. The van der Waals surface area contributed by atoms with Gasteiger partial charge in [-0.3, -0.25) is 19.2 Å². The number of carbonyl (C=O) groups is 3. The molecule has 0 aliphatic carbocycles. The van der Waals surface area contributed by atoms with E-state index in [1.807, 2.05) is 30.3 Å². The number of hydrogen-bond donors (Lipinski definition) is 0. The largest absolute Gasteiger partial charge is 0.497 e. The van der Waals surface area contributed by atoms with E-state index >= 15 is 0 Å². The van der Waals surface area contributed by atoms with Crippen LogP contribution in [0.5, 0.6) is 5.75 Å². The van der Waals surface area contributed by atoms with Crippen molar-refractivity contribution in [2.24, 2.45) is 0 Å². The van der Waals surface area contributed by atoms with E-state index in [9.17, 15) is 18.9 Å². The summed E-state index contributed by atoms with van der Waals surface area (Å²) in [6, 6.07) is 9.74. The summed E-state index contributed by atoms with van der Waals surface area (Å²) in [6.45, 7) is 18.6.